The zero-order valence-corrected chi connectivity index (χ0v) is 29.7. The normalized spacial score (nSPS) is 43.8. The van der Waals surface area contributed by atoms with Gasteiger partial charge in [0, 0.05) is 44.1 Å². The first-order valence-corrected chi connectivity index (χ1v) is 16.8. The van der Waals surface area contributed by atoms with Crippen LogP contribution in [0.5, 0.6) is 0 Å². The van der Waals surface area contributed by atoms with E-state index in [1.807, 2.05) is 74.4 Å². The minimum Gasteiger partial charge on any atom is -0.462 e. The fourth-order valence-electron chi connectivity index (χ4n) is 8.58. The van der Waals surface area contributed by atoms with Gasteiger partial charge in [-0.25, -0.2) is 0 Å². The number of carbonyl (C=O) groups excluding carboxylic acids is 4. The van der Waals surface area contributed by atoms with Gasteiger partial charge in [-0.1, -0.05) is 41.5 Å². The molecular formula is C35H59NO9. The molecule has 0 radical (unpaired) electrons. The Labute approximate surface area is 270 Å². The number of fused-ring (bicyclic) bond motifs is 1. The van der Waals surface area contributed by atoms with Crippen LogP contribution in [0.25, 0.3) is 0 Å². The Kier molecular flexibility index (Phi) is 12.4. The average molecular weight is 638 g/mol. The third-order valence-corrected chi connectivity index (χ3v) is 11.0. The zero-order valence-electron chi connectivity index (χ0n) is 29.7. The third-order valence-electron chi connectivity index (χ3n) is 11.0. The molecule has 45 heavy (non-hydrogen) atoms. The molecule has 3 fully saturated rings. The topological polar surface area (TPSA) is 118 Å². The van der Waals surface area contributed by atoms with E-state index >= 15 is 0 Å². The van der Waals surface area contributed by atoms with E-state index in [0.29, 0.717) is 38.5 Å². The van der Waals surface area contributed by atoms with Gasteiger partial charge >= 0.3 is 11.9 Å². The van der Waals surface area contributed by atoms with Crippen LogP contribution in [-0.2, 0) is 42.9 Å². The summed E-state index contributed by atoms with van der Waals surface area (Å²) >= 11 is 0. The van der Waals surface area contributed by atoms with Crippen molar-refractivity contribution in [1.29, 1.82) is 0 Å². The van der Waals surface area contributed by atoms with E-state index in [4.69, 9.17) is 23.7 Å². The number of carbonyl (C=O) groups is 4. The maximum Gasteiger partial charge on any atom is 0.308 e. The van der Waals surface area contributed by atoms with Crippen molar-refractivity contribution in [3.05, 3.63) is 0 Å². The van der Waals surface area contributed by atoms with Crippen molar-refractivity contribution in [1.82, 2.24) is 4.90 Å². The molecular weight excluding hydrogens is 578 g/mol. The summed E-state index contributed by atoms with van der Waals surface area (Å²) in [7, 11) is 5.49. The second-order valence-corrected chi connectivity index (χ2v) is 15.0. The molecule has 0 spiro atoms. The minimum absolute atomic E-state index is 0.0511. The quantitative estimate of drug-likeness (QED) is 0.369. The van der Waals surface area contributed by atoms with Crippen LogP contribution in [0.3, 0.4) is 0 Å². The molecule has 13 atom stereocenters. The van der Waals surface area contributed by atoms with E-state index in [1.54, 1.807) is 7.11 Å². The van der Waals surface area contributed by atoms with E-state index in [0.717, 1.165) is 0 Å². The Bertz CT molecular complexity index is 1080. The molecule has 2 saturated heterocycles. The molecule has 0 amide bonds. The van der Waals surface area contributed by atoms with E-state index < -0.39 is 59.3 Å². The van der Waals surface area contributed by atoms with Crippen LogP contribution in [0.15, 0.2) is 0 Å². The minimum atomic E-state index is -0.971. The molecule has 10 nitrogen and oxygen atoms in total. The smallest absolute Gasteiger partial charge is 0.308 e. The predicted molar refractivity (Wildman–Crippen MR) is 169 cm³/mol. The highest BCUT2D eigenvalue weighted by Gasteiger charge is 2.54. The van der Waals surface area contributed by atoms with Crippen molar-refractivity contribution in [3.8, 4) is 0 Å². The van der Waals surface area contributed by atoms with Gasteiger partial charge < -0.3 is 28.6 Å². The number of ketones is 2. The number of rotatable bonds is 6. The van der Waals surface area contributed by atoms with E-state index in [-0.39, 0.29) is 41.5 Å². The van der Waals surface area contributed by atoms with Crippen molar-refractivity contribution < 1.29 is 42.9 Å². The Balaban J connectivity index is 2.07. The van der Waals surface area contributed by atoms with E-state index in [2.05, 4.69) is 0 Å². The first kappa shape index (κ1) is 37.6. The fraction of sp³-hybridized carbons (Fsp3) is 0.886. The van der Waals surface area contributed by atoms with Crippen LogP contribution in [-0.4, -0.2) is 92.0 Å². The standard InChI is InChI=1S/C35H59NO9/c1-13-28-34(8)18-25(38)16-26(34)23(6)29(39)21(4)17-35(9,41-12)31(19(2)14-20(3)32(40)44-28)45-33-30(43-24(7)37)27(36(10)11)15-22(5)42-33/h19-23,26-28,30-31,33H,13-18H2,1-12H3. The lowest BCUT2D eigenvalue weighted by atomic mass is 9.66. The molecule has 2 heterocycles. The summed E-state index contributed by atoms with van der Waals surface area (Å²) < 4.78 is 31.4. The SMILES string of the molecule is CCC1OC(=O)C(C)CC(C)C(OC2OC(C)CC(N(C)C)C2OC(C)=O)C(C)(OC)CC(C)C(=O)C(C)C2CC(=O)CC12C. The molecule has 10 heteroatoms. The second-order valence-electron chi connectivity index (χ2n) is 15.0. The molecule has 13 unspecified atom stereocenters. The van der Waals surface area contributed by atoms with Gasteiger partial charge in [-0.2, -0.15) is 0 Å². The zero-order chi connectivity index (χ0) is 34.0. The molecule has 258 valence electrons. The maximum atomic E-state index is 14.1. The summed E-state index contributed by atoms with van der Waals surface area (Å²) in [5.74, 6) is -2.38. The van der Waals surface area contributed by atoms with Crippen LogP contribution in [0.4, 0.5) is 0 Å². The van der Waals surface area contributed by atoms with Crippen LogP contribution >= 0.6 is 0 Å². The number of nitrogens with zero attached hydrogens (tertiary/aromatic N) is 1. The van der Waals surface area contributed by atoms with E-state index in [9.17, 15) is 19.2 Å². The fourth-order valence-corrected chi connectivity index (χ4v) is 8.58. The molecule has 1 aliphatic carbocycles. The van der Waals surface area contributed by atoms with Gasteiger partial charge in [-0.05, 0) is 65.5 Å². The summed E-state index contributed by atoms with van der Waals surface area (Å²) in [5, 5.41) is 0. The molecule has 0 aromatic rings. The Morgan fingerprint density at radius 2 is 1.67 bits per heavy atom. The number of Topliss-reactive ketones (excluding diaryl/α,β-unsaturated/α-hetero) is 2. The van der Waals surface area contributed by atoms with Gasteiger partial charge in [0.15, 0.2) is 12.4 Å². The van der Waals surface area contributed by atoms with Crippen LogP contribution in [0.1, 0.15) is 101 Å². The summed E-state index contributed by atoms with van der Waals surface area (Å²) in [5.41, 5.74) is -1.59. The van der Waals surface area contributed by atoms with Crippen molar-refractivity contribution in [3.63, 3.8) is 0 Å². The molecule has 3 rings (SSSR count). The molecule has 0 bridgehead atoms. The number of hydrogen-bond acceptors (Lipinski definition) is 10. The Hall–Kier alpha value is -1.88. The number of hydrogen-bond donors (Lipinski definition) is 0. The maximum absolute atomic E-state index is 14.1. The van der Waals surface area contributed by atoms with Crippen molar-refractivity contribution in [2.45, 2.75) is 143 Å². The molecule has 0 aromatic heterocycles. The van der Waals surface area contributed by atoms with Crippen LogP contribution in [0, 0.1) is 35.0 Å². The number of cyclic esters (lactones) is 1. The van der Waals surface area contributed by atoms with Gasteiger partial charge in [0.25, 0.3) is 0 Å². The van der Waals surface area contributed by atoms with Crippen molar-refractivity contribution >= 4 is 23.5 Å². The highest BCUT2D eigenvalue weighted by molar-refractivity contribution is 5.87. The first-order valence-electron chi connectivity index (χ1n) is 16.8. The molecule has 0 N–H and O–H groups in total. The summed E-state index contributed by atoms with van der Waals surface area (Å²) in [6, 6.07) is -0.144. The second kappa shape index (κ2) is 14.9. The molecule has 0 aromatic carbocycles. The largest absolute Gasteiger partial charge is 0.462 e. The Morgan fingerprint density at radius 3 is 2.22 bits per heavy atom. The van der Waals surface area contributed by atoms with Gasteiger partial charge in [0.05, 0.1) is 29.8 Å². The first-order chi connectivity index (χ1) is 20.9. The van der Waals surface area contributed by atoms with Gasteiger partial charge in [0.2, 0.25) is 0 Å². The van der Waals surface area contributed by atoms with E-state index in [1.165, 1.54) is 6.92 Å². The predicted octanol–water partition coefficient (Wildman–Crippen LogP) is 4.99. The summed E-state index contributed by atoms with van der Waals surface area (Å²) in [6.07, 6.45) is -0.291. The molecule has 1 saturated carbocycles. The highest BCUT2D eigenvalue weighted by atomic mass is 16.7. The van der Waals surface area contributed by atoms with Gasteiger partial charge in [-0.3, -0.25) is 19.2 Å². The van der Waals surface area contributed by atoms with Gasteiger partial charge in [0.1, 0.15) is 17.7 Å². The number of likely N-dealkylation sites (N-methyl/N-ethyl adjacent to an activating group) is 1. The van der Waals surface area contributed by atoms with Gasteiger partial charge in [-0.15, -0.1) is 0 Å². The van der Waals surface area contributed by atoms with Crippen molar-refractivity contribution in [2.24, 2.45) is 35.0 Å². The highest BCUT2D eigenvalue weighted by Crippen LogP contribution is 2.51. The van der Waals surface area contributed by atoms with Crippen LogP contribution < -0.4 is 0 Å². The molecule has 3 aliphatic rings. The monoisotopic (exact) mass is 637 g/mol. The molecule has 2 aliphatic heterocycles. The van der Waals surface area contributed by atoms with Crippen molar-refractivity contribution in [2.75, 3.05) is 21.2 Å². The third kappa shape index (κ3) is 8.17. The summed E-state index contributed by atoms with van der Waals surface area (Å²) in [4.78, 5) is 54.9. The van der Waals surface area contributed by atoms with Crippen LogP contribution in [0.2, 0.25) is 0 Å². The Morgan fingerprint density at radius 1 is 1.02 bits per heavy atom. The lowest BCUT2D eigenvalue weighted by Gasteiger charge is -2.48. The number of ether oxygens (including phenoxy) is 5. The average Bonchev–Trinajstić information content (AvgIpc) is 3.27. The lowest BCUT2D eigenvalue weighted by molar-refractivity contribution is -0.300. The summed E-state index contributed by atoms with van der Waals surface area (Å²) in [6.45, 7) is 16.9. The number of methoxy groups -OCH3 is 1. The number of esters is 2. The lowest BCUT2D eigenvalue weighted by Crippen LogP contribution is -2.59.